The fourth-order valence-electron chi connectivity index (χ4n) is 4.40. The summed E-state index contributed by atoms with van der Waals surface area (Å²) in [6, 6.07) is 15.4. The first-order valence-corrected chi connectivity index (χ1v) is 10.4. The van der Waals surface area contributed by atoms with Crippen LogP contribution in [-0.2, 0) is 22.4 Å². The molecule has 3 aromatic carbocycles. The van der Waals surface area contributed by atoms with Gasteiger partial charge in [0.15, 0.2) is 0 Å². The van der Waals surface area contributed by atoms with Gasteiger partial charge in [0.05, 0.1) is 21.7 Å². The van der Waals surface area contributed by atoms with E-state index in [1.54, 1.807) is 23.1 Å². The summed E-state index contributed by atoms with van der Waals surface area (Å²) >= 11 is 12.0. The minimum Gasteiger partial charge on any atom is -0.326 e. The Morgan fingerprint density at radius 3 is 2.59 bits per heavy atom. The molecule has 6 heteroatoms. The molecule has 29 heavy (non-hydrogen) atoms. The van der Waals surface area contributed by atoms with E-state index in [0.717, 1.165) is 23.9 Å². The van der Waals surface area contributed by atoms with E-state index in [-0.39, 0.29) is 18.2 Å². The van der Waals surface area contributed by atoms with Crippen LogP contribution in [-0.4, -0.2) is 18.4 Å². The van der Waals surface area contributed by atoms with Crippen LogP contribution in [0, 0.1) is 5.92 Å². The minimum atomic E-state index is -0.417. The second kappa shape index (κ2) is 7.05. The Hall–Kier alpha value is -2.56. The molecule has 2 aliphatic rings. The largest absolute Gasteiger partial charge is 0.326 e. The van der Waals surface area contributed by atoms with Crippen LogP contribution in [0.5, 0.6) is 0 Å². The molecule has 1 aliphatic heterocycles. The van der Waals surface area contributed by atoms with E-state index in [4.69, 9.17) is 23.2 Å². The van der Waals surface area contributed by atoms with E-state index >= 15 is 0 Å². The van der Waals surface area contributed by atoms with Gasteiger partial charge in [-0.3, -0.25) is 9.59 Å². The van der Waals surface area contributed by atoms with Gasteiger partial charge in [-0.1, -0.05) is 47.5 Å². The molecule has 1 aliphatic carbocycles. The molecule has 1 fully saturated rings. The van der Waals surface area contributed by atoms with Crippen LogP contribution in [0.1, 0.15) is 17.5 Å². The summed E-state index contributed by atoms with van der Waals surface area (Å²) in [4.78, 5) is 27.3. The Kier molecular flexibility index (Phi) is 4.49. The quantitative estimate of drug-likeness (QED) is 0.624. The lowest BCUT2D eigenvalue weighted by atomic mass is 10.0. The lowest BCUT2D eigenvalue weighted by molar-refractivity contribution is -0.122. The van der Waals surface area contributed by atoms with E-state index in [1.165, 1.54) is 16.5 Å². The summed E-state index contributed by atoms with van der Waals surface area (Å²) < 4.78 is 0. The predicted octanol–water partition coefficient (Wildman–Crippen LogP) is 5.24. The third kappa shape index (κ3) is 3.17. The number of nitrogens with zero attached hydrogens (tertiary/aromatic N) is 1. The molecule has 0 spiro atoms. The van der Waals surface area contributed by atoms with E-state index in [2.05, 4.69) is 23.5 Å². The number of hydrogen-bond acceptors (Lipinski definition) is 2. The Labute approximate surface area is 178 Å². The highest BCUT2D eigenvalue weighted by Crippen LogP contribution is 2.38. The first-order chi connectivity index (χ1) is 14.0. The predicted molar refractivity (Wildman–Crippen MR) is 117 cm³/mol. The molecule has 0 bridgehead atoms. The number of halogens is 2. The Balaban J connectivity index is 1.40. The number of hydrogen-bond donors (Lipinski definition) is 1. The molecule has 5 rings (SSSR count). The molecule has 2 amide bonds. The molecule has 1 saturated heterocycles. The van der Waals surface area contributed by atoms with Gasteiger partial charge in [-0.25, -0.2) is 0 Å². The molecule has 1 atom stereocenters. The number of nitrogens with one attached hydrogen (secondary N) is 1. The number of benzene rings is 3. The Morgan fingerprint density at radius 2 is 1.79 bits per heavy atom. The number of carbonyl (C=O) groups excluding carboxylic acids is 2. The maximum absolute atomic E-state index is 12.8. The van der Waals surface area contributed by atoms with Crippen molar-refractivity contribution in [2.24, 2.45) is 5.92 Å². The molecular weight excluding hydrogens is 407 g/mol. The van der Waals surface area contributed by atoms with Crippen molar-refractivity contribution < 1.29 is 9.59 Å². The molecule has 3 aromatic rings. The van der Waals surface area contributed by atoms with Crippen LogP contribution in [0.15, 0.2) is 48.5 Å². The first kappa shape index (κ1) is 18.5. The summed E-state index contributed by atoms with van der Waals surface area (Å²) in [5.41, 5.74) is 4.13. The molecule has 0 unspecified atom stereocenters. The van der Waals surface area contributed by atoms with Gasteiger partial charge in [0.2, 0.25) is 11.8 Å². The number of amides is 2. The number of aryl methyl sites for hydroxylation is 2. The summed E-state index contributed by atoms with van der Waals surface area (Å²) in [6.45, 7) is 0.366. The number of carbonyl (C=O) groups is 2. The fraction of sp³-hybridized carbons (Fsp3) is 0.217. The molecule has 1 N–H and O–H groups in total. The third-order valence-corrected chi connectivity index (χ3v) is 6.57. The average molecular weight is 425 g/mol. The smallest absolute Gasteiger partial charge is 0.229 e. The SMILES string of the molecule is O=C(Nc1ccc(Cl)c(Cl)c1)[C@H]1CC(=O)N(c2ccc3c4c(cccc24)CC3)C1. The van der Waals surface area contributed by atoms with Gasteiger partial charge in [0.1, 0.15) is 0 Å². The highest BCUT2D eigenvalue weighted by Gasteiger charge is 2.36. The molecule has 0 radical (unpaired) electrons. The highest BCUT2D eigenvalue weighted by atomic mass is 35.5. The molecule has 4 nitrogen and oxygen atoms in total. The maximum Gasteiger partial charge on any atom is 0.229 e. The number of anilines is 2. The summed E-state index contributed by atoms with van der Waals surface area (Å²) in [7, 11) is 0. The summed E-state index contributed by atoms with van der Waals surface area (Å²) in [5, 5.41) is 6.01. The lowest BCUT2D eigenvalue weighted by Crippen LogP contribution is -2.28. The normalized spacial score (nSPS) is 17.9. The molecule has 0 aromatic heterocycles. The van der Waals surface area contributed by atoms with Crippen molar-refractivity contribution in [1.82, 2.24) is 0 Å². The van der Waals surface area contributed by atoms with Gasteiger partial charge in [0, 0.05) is 24.0 Å². The zero-order valence-electron chi connectivity index (χ0n) is 15.5. The Bertz CT molecular complexity index is 1160. The van der Waals surface area contributed by atoms with Crippen LogP contribution >= 0.6 is 23.2 Å². The zero-order chi connectivity index (χ0) is 20.1. The molecule has 146 valence electrons. The van der Waals surface area contributed by atoms with Gasteiger partial charge >= 0.3 is 0 Å². The highest BCUT2D eigenvalue weighted by molar-refractivity contribution is 6.42. The van der Waals surface area contributed by atoms with Crippen molar-refractivity contribution in [3.63, 3.8) is 0 Å². The van der Waals surface area contributed by atoms with Crippen molar-refractivity contribution >= 4 is 57.2 Å². The van der Waals surface area contributed by atoms with Crippen molar-refractivity contribution in [3.05, 3.63) is 69.7 Å². The second-order valence-corrected chi connectivity index (χ2v) is 8.42. The van der Waals surface area contributed by atoms with Crippen molar-refractivity contribution in [2.75, 3.05) is 16.8 Å². The average Bonchev–Trinajstić information content (AvgIpc) is 3.30. The maximum atomic E-state index is 12.8. The monoisotopic (exact) mass is 424 g/mol. The second-order valence-electron chi connectivity index (χ2n) is 7.61. The standard InChI is InChI=1S/C23H18Cl2N2O2/c24-18-8-7-16(11-19(18)25)26-23(29)15-10-21(28)27(12-15)20-9-6-14-5-4-13-2-1-3-17(20)22(13)14/h1-3,6-9,11,15H,4-5,10,12H2,(H,26,29)/t15-/m0/s1. The van der Waals surface area contributed by atoms with Gasteiger partial charge in [-0.15, -0.1) is 0 Å². The third-order valence-electron chi connectivity index (χ3n) is 5.83. The Morgan fingerprint density at radius 1 is 1.00 bits per heavy atom. The van der Waals surface area contributed by atoms with E-state index in [1.807, 2.05) is 12.1 Å². The van der Waals surface area contributed by atoms with Gasteiger partial charge in [0.25, 0.3) is 0 Å². The van der Waals surface area contributed by atoms with Crippen molar-refractivity contribution in [3.8, 4) is 0 Å². The summed E-state index contributed by atoms with van der Waals surface area (Å²) in [6.07, 6.45) is 2.27. The van der Waals surface area contributed by atoms with Crippen molar-refractivity contribution in [2.45, 2.75) is 19.3 Å². The van der Waals surface area contributed by atoms with E-state index in [9.17, 15) is 9.59 Å². The van der Waals surface area contributed by atoms with Crippen LogP contribution in [0.2, 0.25) is 10.0 Å². The topological polar surface area (TPSA) is 49.4 Å². The molecule has 1 heterocycles. The van der Waals surface area contributed by atoms with Crippen LogP contribution in [0.4, 0.5) is 11.4 Å². The minimum absolute atomic E-state index is 0.0296. The molecule has 0 saturated carbocycles. The van der Waals surface area contributed by atoms with E-state index < -0.39 is 5.92 Å². The van der Waals surface area contributed by atoms with Crippen LogP contribution in [0.3, 0.4) is 0 Å². The summed E-state index contributed by atoms with van der Waals surface area (Å²) in [5.74, 6) is -0.636. The first-order valence-electron chi connectivity index (χ1n) is 9.61. The molecular formula is C23H18Cl2N2O2. The lowest BCUT2D eigenvalue weighted by Gasteiger charge is -2.20. The van der Waals surface area contributed by atoms with Gasteiger partial charge < -0.3 is 10.2 Å². The van der Waals surface area contributed by atoms with Crippen LogP contribution < -0.4 is 10.2 Å². The van der Waals surface area contributed by atoms with Gasteiger partial charge in [-0.05, 0) is 53.6 Å². The zero-order valence-corrected chi connectivity index (χ0v) is 17.1. The fourth-order valence-corrected chi connectivity index (χ4v) is 4.70. The van der Waals surface area contributed by atoms with Gasteiger partial charge in [-0.2, -0.15) is 0 Å². The number of rotatable bonds is 3. The van der Waals surface area contributed by atoms with E-state index in [0.29, 0.717) is 22.3 Å². The van der Waals surface area contributed by atoms with Crippen LogP contribution in [0.25, 0.3) is 10.8 Å². The van der Waals surface area contributed by atoms with Crippen molar-refractivity contribution in [1.29, 1.82) is 0 Å².